The van der Waals surface area contributed by atoms with Crippen LogP contribution >= 0.6 is 15.9 Å². The van der Waals surface area contributed by atoms with Gasteiger partial charge in [-0.1, -0.05) is 32.1 Å². The highest BCUT2D eigenvalue weighted by atomic mass is 79.9. The van der Waals surface area contributed by atoms with E-state index in [4.69, 9.17) is 5.73 Å². The molecule has 14 heteroatoms. The number of fused-ring (bicyclic) bond motifs is 1. The SMILES string of the molecule is C=C.CC/C=C(Br)\N=C(/C)CNC(=O)NC(/C=C\Cc1cc(CN2CCN(S(C)(=O)=O)CC2)n2ncnc(N)c12)=C/CC. The first kappa shape index (κ1) is 35.9. The zero-order chi connectivity index (χ0) is 32.0. The Labute approximate surface area is 263 Å². The van der Waals surface area contributed by atoms with Gasteiger partial charge in [0.2, 0.25) is 10.0 Å². The summed E-state index contributed by atoms with van der Waals surface area (Å²) < 4.78 is 27.8. The minimum absolute atomic E-state index is 0.315. The van der Waals surface area contributed by atoms with Crippen molar-refractivity contribution in [2.45, 2.75) is 46.6 Å². The van der Waals surface area contributed by atoms with Crippen molar-refractivity contribution in [2.24, 2.45) is 4.99 Å². The van der Waals surface area contributed by atoms with Crippen molar-refractivity contribution in [1.29, 1.82) is 0 Å². The molecular formula is C29H44BrN9O3S. The Morgan fingerprint density at radius 3 is 2.49 bits per heavy atom. The molecule has 0 atom stereocenters. The fraction of sp³-hybridized carbons (Fsp3) is 0.448. The second-order valence-electron chi connectivity index (χ2n) is 9.77. The summed E-state index contributed by atoms with van der Waals surface area (Å²) >= 11 is 3.39. The van der Waals surface area contributed by atoms with Crippen molar-refractivity contribution in [3.63, 3.8) is 0 Å². The highest BCUT2D eigenvalue weighted by Crippen LogP contribution is 2.23. The van der Waals surface area contributed by atoms with Gasteiger partial charge in [0.15, 0.2) is 5.82 Å². The lowest BCUT2D eigenvalue weighted by Gasteiger charge is -2.32. The van der Waals surface area contributed by atoms with Gasteiger partial charge in [-0.15, -0.1) is 13.2 Å². The van der Waals surface area contributed by atoms with Crippen LogP contribution in [0.1, 0.15) is 44.9 Å². The molecule has 3 heterocycles. The second kappa shape index (κ2) is 17.7. The molecule has 2 aromatic rings. The number of aliphatic imine (C=N–C) groups is 1. The summed E-state index contributed by atoms with van der Waals surface area (Å²) in [7, 11) is -3.19. The third kappa shape index (κ3) is 11.4. The first-order chi connectivity index (χ1) is 20.5. The highest BCUT2D eigenvalue weighted by molar-refractivity contribution is 9.11. The summed E-state index contributed by atoms with van der Waals surface area (Å²) in [6.45, 7) is 15.0. The van der Waals surface area contributed by atoms with E-state index in [1.54, 1.807) is 4.52 Å². The first-order valence-corrected chi connectivity index (χ1v) is 16.7. The maximum absolute atomic E-state index is 12.5. The number of carbonyl (C=O) groups is 1. The summed E-state index contributed by atoms with van der Waals surface area (Å²) in [6.07, 6.45) is 12.6. The highest BCUT2D eigenvalue weighted by Gasteiger charge is 2.24. The zero-order valence-corrected chi connectivity index (χ0v) is 27.9. The number of hydrogen-bond acceptors (Lipinski definition) is 8. The Balaban J connectivity index is 0.00000316. The van der Waals surface area contributed by atoms with Gasteiger partial charge in [0.1, 0.15) is 16.5 Å². The molecule has 4 N–H and O–H groups in total. The smallest absolute Gasteiger partial charge is 0.319 e. The number of aromatic nitrogens is 3. The Morgan fingerprint density at radius 1 is 1.19 bits per heavy atom. The van der Waals surface area contributed by atoms with Gasteiger partial charge in [0, 0.05) is 44.1 Å². The lowest BCUT2D eigenvalue weighted by molar-refractivity contribution is 0.179. The van der Waals surface area contributed by atoms with Gasteiger partial charge < -0.3 is 16.4 Å². The minimum Gasteiger partial charge on any atom is -0.382 e. The van der Waals surface area contributed by atoms with Crippen LogP contribution in [0, 0.1) is 0 Å². The van der Waals surface area contributed by atoms with Gasteiger partial charge >= 0.3 is 6.03 Å². The number of sulfonamides is 1. The number of allylic oxidation sites excluding steroid dienone is 4. The predicted molar refractivity (Wildman–Crippen MR) is 179 cm³/mol. The van der Waals surface area contributed by atoms with E-state index >= 15 is 0 Å². The van der Waals surface area contributed by atoms with E-state index in [0.717, 1.165) is 39.9 Å². The van der Waals surface area contributed by atoms with E-state index < -0.39 is 10.0 Å². The second-order valence-corrected chi connectivity index (χ2v) is 12.6. The molecule has 0 radical (unpaired) electrons. The normalized spacial score (nSPS) is 15.9. The molecule has 2 amide bonds. The number of halogens is 1. The van der Waals surface area contributed by atoms with Crippen LogP contribution < -0.4 is 16.4 Å². The van der Waals surface area contributed by atoms with Crippen molar-refractivity contribution in [2.75, 3.05) is 44.7 Å². The van der Waals surface area contributed by atoms with Crippen molar-refractivity contribution < 1.29 is 13.2 Å². The predicted octanol–water partition coefficient (Wildman–Crippen LogP) is 3.99. The van der Waals surface area contributed by atoms with Crippen molar-refractivity contribution in [3.8, 4) is 0 Å². The summed E-state index contributed by atoms with van der Waals surface area (Å²) in [6, 6.07) is 1.74. The third-order valence-corrected chi connectivity index (χ3v) is 8.22. The number of anilines is 1. The molecule has 1 aliphatic heterocycles. The van der Waals surface area contributed by atoms with Crippen molar-refractivity contribution in [3.05, 3.63) is 71.4 Å². The fourth-order valence-corrected chi connectivity index (χ4v) is 5.90. The largest absolute Gasteiger partial charge is 0.382 e. The molecule has 0 aliphatic carbocycles. The number of urea groups is 1. The molecular weight excluding hydrogens is 634 g/mol. The standard InChI is InChI=1S/C27H40BrN9O3S.C2H4/c1-5-8-22(34-27(38)30-17-20(3)33-24(28)9-6-2)11-7-10-21-16-23(37-25(21)26(29)31-19-32-37)18-35-12-14-36(15-13-35)41(4,39)40;1-2/h7-9,11,16,19H,5-6,10,12-15,17-18H2,1-4H3,(H2,29,31,32)(H2,30,34,38);1-2H2/b11-7-,22-8+,24-9-,33-20+;. The molecule has 236 valence electrons. The number of carbonyl (C=O) groups excluding carboxylic acids is 1. The average molecular weight is 679 g/mol. The molecule has 1 aliphatic rings. The van der Waals surface area contributed by atoms with Gasteiger partial charge in [-0.3, -0.25) is 4.90 Å². The van der Waals surface area contributed by atoms with Crippen LogP contribution in [-0.4, -0.2) is 82.9 Å². The third-order valence-electron chi connectivity index (χ3n) is 6.41. The maximum atomic E-state index is 12.5. The number of hydrogen-bond donors (Lipinski definition) is 3. The Kier molecular flexibility index (Phi) is 14.8. The molecule has 0 unspecified atom stereocenters. The van der Waals surface area contributed by atoms with E-state index in [2.05, 4.69) is 65.8 Å². The molecule has 43 heavy (non-hydrogen) atoms. The monoisotopic (exact) mass is 677 g/mol. The molecule has 1 saturated heterocycles. The van der Waals surface area contributed by atoms with Gasteiger partial charge in [-0.2, -0.15) is 9.40 Å². The van der Waals surface area contributed by atoms with E-state index in [0.29, 0.717) is 57.2 Å². The number of nitrogen functional groups attached to an aromatic ring is 1. The summed E-state index contributed by atoms with van der Waals surface area (Å²) in [5.74, 6) is 0.385. The van der Waals surface area contributed by atoms with E-state index in [1.165, 1.54) is 16.9 Å². The van der Waals surface area contributed by atoms with Crippen LogP contribution in [0.2, 0.25) is 0 Å². The van der Waals surface area contributed by atoms with Crippen LogP contribution in [0.4, 0.5) is 10.6 Å². The molecule has 0 spiro atoms. The number of rotatable bonds is 12. The average Bonchev–Trinajstić information content (AvgIpc) is 3.31. The maximum Gasteiger partial charge on any atom is 0.319 e. The van der Waals surface area contributed by atoms with Crippen molar-refractivity contribution in [1.82, 2.24) is 34.4 Å². The quantitative estimate of drug-likeness (QED) is 0.133. The lowest BCUT2D eigenvalue weighted by atomic mass is 10.1. The zero-order valence-electron chi connectivity index (χ0n) is 25.5. The van der Waals surface area contributed by atoms with Crippen LogP contribution in [-0.2, 0) is 23.0 Å². The van der Waals surface area contributed by atoms with E-state index in [9.17, 15) is 13.2 Å². The van der Waals surface area contributed by atoms with Crippen LogP contribution in [0.25, 0.3) is 5.52 Å². The summed E-state index contributed by atoms with van der Waals surface area (Å²) in [5, 5.41) is 10.2. The Bertz CT molecular complexity index is 1460. The molecule has 12 nitrogen and oxygen atoms in total. The van der Waals surface area contributed by atoms with Gasteiger partial charge in [-0.05, 0) is 59.8 Å². The summed E-state index contributed by atoms with van der Waals surface area (Å²) in [4.78, 5) is 23.3. The number of amides is 2. The molecule has 3 rings (SSSR count). The van der Waals surface area contributed by atoms with Gasteiger partial charge in [-0.25, -0.2) is 27.7 Å². The minimum atomic E-state index is -3.19. The van der Waals surface area contributed by atoms with Gasteiger partial charge in [0.25, 0.3) is 0 Å². The summed E-state index contributed by atoms with van der Waals surface area (Å²) in [5.41, 5.74) is 10.4. The number of nitrogens with two attached hydrogens (primary N) is 1. The van der Waals surface area contributed by atoms with Crippen LogP contribution in [0.15, 0.2) is 65.2 Å². The Morgan fingerprint density at radius 2 is 1.86 bits per heavy atom. The van der Waals surface area contributed by atoms with E-state index in [-0.39, 0.29) is 6.03 Å². The first-order valence-electron chi connectivity index (χ1n) is 14.1. The molecule has 2 aromatic heterocycles. The molecule has 0 aromatic carbocycles. The topological polar surface area (TPSA) is 150 Å². The number of nitrogens with zero attached hydrogens (tertiary/aromatic N) is 6. The number of piperazine rings is 1. The molecule has 0 saturated carbocycles. The number of nitrogens with one attached hydrogen (secondary N) is 2. The van der Waals surface area contributed by atoms with Gasteiger partial charge in [0.05, 0.1) is 18.5 Å². The molecule has 1 fully saturated rings. The lowest BCUT2D eigenvalue weighted by Crippen LogP contribution is -2.47. The van der Waals surface area contributed by atoms with E-state index in [1.807, 2.05) is 45.1 Å². The fourth-order valence-electron chi connectivity index (χ4n) is 4.45. The molecule has 0 bridgehead atoms. The van der Waals surface area contributed by atoms with Crippen molar-refractivity contribution >= 4 is 49.0 Å². The van der Waals surface area contributed by atoms with Crippen LogP contribution in [0.3, 0.4) is 0 Å². The Hall–Kier alpha value is -3.33. The van der Waals surface area contributed by atoms with Crippen LogP contribution in [0.5, 0.6) is 0 Å².